The normalized spacial score (nSPS) is 11.9. The van der Waals surface area contributed by atoms with Gasteiger partial charge in [-0.3, -0.25) is 9.59 Å². The van der Waals surface area contributed by atoms with Crippen LogP contribution in [0, 0.1) is 6.92 Å². The maximum Gasteiger partial charge on any atom is 0.311 e. The summed E-state index contributed by atoms with van der Waals surface area (Å²) in [6, 6.07) is 10.6. The van der Waals surface area contributed by atoms with Gasteiger partial charge in [0.1, 0.15) is 11.3 Å². The first-order valence-corrected chi connectivity index (χ1v) is 9.06. The second-order valence-corrected chi connectivity index (χ2v) is 6.82. The Morgan fingerprint density at radius 1 is 1.21 bits per heavy atom. The minimum Gasteiger partial charge on any atom is -0.495 e. The first-order valence-electron chi connectivity index (χ1n) is 8.68. The van der Waals surface area contributed by atoms with Gasteiger partial charge in [-0.25, -0.2) is 0 Å². The number of aryl methyl sites for hydroxylation is 1. The second-order valence-electron chi connectivity index (χ2n) is 6.41. The van der Waals surface area contributed by atoms with E-state index < -0.39 is 18.0 Å². The third kappa shape index (κ3) is 4.46. The van der Waals surface area contributed by atoms with Crippen LogP contribution in [0.3, 0.4) is 0 Å². The fourth-order valence-electron chi connectivity index (χ4n) is 2.76. The van der Waals surface area contributed by atoms with Gasteiger partial charge in [0.15, 0.2) is 6.10 Å². The molecule has 6 nitrogen and oxygen atoms in total. The molecule has 1 heterocycles. The number of benzene rings is 2. The van der Waals surface area contributed by atoms with Gasteiger partial charge in [0.25, 0.3) is 5.91 Å². The molecule has 7 heteroatoms. The number of halogens is 1. The van der Waals surface area contributed by atoms with E-state index in [0.717, 1.165) is 16.5 Å². The summed E-state index contributed by atoms with van der Waals surface area (Å²) in [6.45, 7) is 3.47. The van der Waals surface area contributed by atoms with Gasteiger partial charge in [0.05, 0.1) is 24.8 Å². The van der Waals surface area contributed by atoms with E-state index in [2.05, 4.69) is 5.32 Å². The van der Waals surface area contributed by atoms with Crippen molar-refractivity contribution in [1.29, 1.82) is 0 Å². The Morgan fingerprint density at radius 3 is 2.71 bits per heavy atom. The third-order valence-electron chi connectivity index (χ3n) is 4.24. The third-order valence-corrected chi connectivity index (χ3v) is 4.54. The van der Waals surface area contributed by atoms with Crippen LogP contribution in [0.1, 0.15) is 18.1 Å². The molecule has 28 heavy (non-hydrogen) atoms. The van der Waals surface area contributed by atoms with Crippen LogP contribution >= 0.6 is 11.6 Å². The average molecular weight is 402 g/mol. The van der Waals surface area contributed by atoms with E-state index >= 15 is 0 Å². The number of nitrogens with one attached hydrogen (secondary N) is 1. The van der Waals surface area contributed by atoms with Gasteiger partial charge < -0.3 is 19.2 Å². The lowest BCUT2D eigenvalue weighted by molar-refractivity contribution is -0.152. The summed E-state index contributed by atoms with van der Waals surface area (Å²) in [5.41, 5.74) is 2.98. The Kier molecular flexibility index (Phi) is 5.90. The smallest absolute Gasteiger partial charge is 0.311 e. The van der Waals surface area contributed by atoms with Gasteiger partial charge in [-0.15, -0.1) is 0 Å². The van der Waals surface area contributed by atoms with Gasteiger partial charge in [-0.1, -0.05) is 23.7 Å². The first-order chi connectivity index (χ1) is 13.4. The summed E-state index contributed by atoms with van der Waals surface area (Å²) in [7, 11) is 1.51. The minimum atomic E-state index is -0.964. The molecule has 1 amide bonds. The molecule has 0 fully saturated rings. The lowest BCUT2D eigenvalue weighted by atomic mass is 10.1. The zero-order chi connectivity index (χ0) is 20.3. The van der Waals surface area contributed by atoms with E-state index in [1.807, 2.05) is 25.1 Å². The van der Waals surface area contributed by atoms with Crippen molar-refractivity contribution >= 4 is 40.1 Å². The van der Waals surface area contributed by atoms with Crippen LogP contribution in [0.15, 0.2) is 47.1 Å². The molecule has 3 aromatic rings. The van der Waals surface area contributed by atoms with Crippen molar-refractivity contribution in [3.05, 3.63) is 58.8 Å². The van der Waals surface area contributed by atoms with Crippen LogP contribution in [-0.2, 0) is 20.7 Å². The maximum atomic E-state index is 12.3. The number of rotatable bonds is 6. The number of furan rings is 1. The molecular formula is C21H20ClNO5. The largest absolute Gasteiger partial charge is 0.495 e. The standard InChI is InChI=1S/C21H20ClNO5/c1-12-4-6-16-14(11-27-19(16)8-12)9-20(24)28-13(2)21(25)23-15-5-7-18(26-3)17(22)10-15/h4-8,10-11,13H,9H2,1-3H3,(H,23,25)/t13-/m0/s1. The number of ether oxygens (including phenoxy) is 2. The fraction of sp³-hybridized carbons (Fsp3) is 0.238. The van der Waals surface area contributed by atoms with E-state index in [1.54, 1.807) is 18.2 Å². The summed E-state index contributed by atoms with van der Waals surface area (Å²) in [5, 5.41) is 3.88. The van der Waals surface area contributed by atoms with E-state index in [9.17, 15) is 9.59 Å². The summed E-state index contributed by atoms with van der Waals surface area (Å²) in [4.78, 5) is 24.5. The number of hydrogen-bond acceptors (Lipinski definition) is 5. The number of hydrogen-bond donors (Lipinski definition) is 1. The highest BCUT2D eigenvalue weighted by atomic mass is 35.5. The molecule has 0 radical (unpaired) electrons. The number of amides is 1. The molecule has 0 aliphatic rings. The molecule has 2 aromatic carbocycles. The molecule has 3 rings (SSSR count). The van der Waals surface area contributed by atoms with Crippen LogP contribution in [0.2, 0.25) is 5.02 Å². The van der Waals surface area contributed by atoms with Gasteiger partial charge in [-0.2, -0.15) is 0 Å². The molecule has 146 valence electrons. The number of anilines is 1. The monoisotopic (exact) mass is 401 g/mol. The van der Waals surface area contributed by atoms with E-state index in [1.165, 1.54) is 20.3 Å². The Balaban J connectivity index is 1.60. The quantitative estimate of drug-likeness (QED) is 0.614. The molecule has 0 aliphatic carbocycles. The SMILES string of the molecule is COc1ccc(NC(=O)[C@H](C)OC(=O)Cc2coc3cc(C)ccc23)cc1Cl. The fourth-order valence-corrected chi connectivity index (χ4v) is 3.02. The summed E-state index contributed by atoms with van der Waals surface area (Å²) < 4.78 is 15.8. The van der Waals surface area contributed by atoms with Gasteiger partial charge in [0.2, 0.25) is 0 Å². The van der Waals surface area contributed by atoms with Crippen LogP contribution in [0.5, 0.6) is 5.75 Å². The average Bonchev–Trinajstić information content (AvgIpc) is 3.03. The van der Waals surface area contributed by atoms with Crippen molar-refractivity contribution in [1.82, 2.24) is 0 Å². The molecular weight excluding hydrogens is 382 g/mol. The molecule has 0 aliphatic heterocycles. The van der Waals surface area contributed by atoms with Crippen LogP contribution < -0.4 is 10.1 Å². The van der Waals surface area contributed by atoms with Crippen molar-refractivity contribution in [2.24, 2.45) is 0 Å². The highest BCUT2D eigenvalue weighted by molar-refractivity contribution is 6.32. The predicted octanol–water partition coefficient (Wildman–Crippen LogP) is 4.52. The highest BCUT2D eigenvalue weighted by Gasteiger charge is 2.20. The molecule has 0 unspecified atom stereocenters. The van der Waals surface area contributed by atoms with Crippen LogP contribution in [-0.4, -0.2) is 25.1 Å². The van der Waals surface area contributed by atoms with Gasteiger partial charge in [-0.05, 0) is 43.7 Å². The van der Waals surface area contributed by atoms with Crippen LogP contribution in [0.4, 0.5) is 5.69 Å². The number of carbonyl (C=O) groups excluding carboxylic acids is 2. The molecule has 1 N–H and O–H groups in total. The molecule has 0 bridgehead atoms. The number of carbonyl (C=O) groups is 2. The summed E-state index contributed by atoms with van der Waals surface area (Å²) >= 11 is 6.04. The highest BCUT2D eigenvalue weighted by Crippen LogP contribution is 2.27. The Labute approximate surface area is 167 Å². The van der Waals surface area contributed by atoms with Crippen molar-refractivity contribution < 1.29 is 23.5 Å². The predicted molar refractivity (Wildman–Crippen MR) is 107 cm³/mol. The maximum absolute atomic E-state index is 12.3. The minimum absolute atomic E-state index is 0.0159. The second kappa shape index (κ2) is 8.35. The number of methoxy groups -OCH3 is 1. The van der Waals surface area contributed by atoms with Gasteiger partial charge >= 0.3 is 5.97 Å². The molecule has 0 saturated heterocycles. The van der Waals surface area contributed by atoms with Crippen molar-refractivity contribution in [3.63, 3.8) is 0 Å². The molecule has 0 saturated carbocycles. The zero-order valence-electron chi connectivity index (χ0n) is 15.7. The summed E-state index contributed by atoms with van der Waals surface area (Å²) in [6.07, 6.45) is 0.589. The van der Waals surface area contributed by atoms with E-state index in [-0.39, 0.29) is 6.42 Å². The molecule has 1 aromatic heterocycles. The summed E-state index contributed by atoms with van der Waals surface area (Å²) in [5.74, 6) is -0.470. The Morgan fingerprint density at radius 2 is 2.00 bits per heavy atom. The van der Waals surface area contributed by atoms with E-state index in [0.29, 0.717) is 22.0 Å². The molecule has 1 atom stereocenters. The van der Waals surface area contributed by atoms with Crippen molar-refractivity contribution in [2.75, 3.05) is 12.4 Å². The topological polar surface area (TPSA) is 77.8 Å². The zero-order valence-corrected chi connectivity index (χ0v) is 16.5. The molecule has 0 spiro atoms. The van der Waals surface area contributed by atoms with Crippen molar-refractivity contribution in [3.8, 4) is 5.75 Å². The lowest BCUT2D eigenvalue weighted by Crippen LogP contribution is -2.30. The Bertz CT molecular complexity index is 1030. The first kappa shape index (κ1) is 19.8. The number of esters is 1. The van der Waals surface area contributed by atoms with Crippen molar-refractivity contribution in [2.45, 2.75) is 26.4 Å². The van der Waals surface area contributed by atoms with E-state index in [4.69, 9.17) is 25.5 Å². The number of fused-ring (bicyclic) bond motifs is 1. The van der Waals surface area contributed by atoms with Crippen LogP contribution in [0.25, 0.3) is 11.0 Å². The Hall–Kier alpha value is -2.99. The lowest BCUT2D eigenvalue weighted by Gasteiger charge is -2.14. The van der Waals surface area contributed by atoms with Gasteiger partial charge in [0, 0.05) is 16.6 Å².